The van der Waals surface area contributed by atoms with E-state index in [0.717, 1.165) is 25.3 Å². The molecule has 1 aromatic rings. The van der Waals surface area contributed by atoms with Crippen LogP contribution < -0.4 is 10.6 Å². The standard InChI is InChI=1S/C17H29N3O/c1-4-9-18-17(14-6-7-14)15-8-10-20(11-15)12-16(21)19-13(3)5-2/h8,10-11,13-14,17-18H,4-7,9,12H2,1-3H3,(H,19,21). The molecular formula is C17H29N3O. The molecule has 2 rings (SSSR count). The Bertz CT molecular complexity index is 451. The molecule has 21 heavy (non-hydrogen) atoms. The predicted molar refractivity (Wildman–Crippen MR) is 86.1 cm³/mol. The van der Waals surface area contributed by atoms with Crippen LogP contribution in [0.15, 0.2) is 18.5 Å². The van der Waals surface area contributed by atoms with Crippen LogP contribution in [-0.2, 0) is 11.3 Å². The summed E-state index contributed by atoms with van der Waals surface area (Å²) in [6.45, 7) is 7.78. The molecule has 0 aromatic carbocycles. The number of rotatable bonds is 9. The van der Waals surface area contributed by atoms with E-state index in [0.29, 0.717) is 12.6 Å². The van der Waals surface area contributed by atoms with E-state index in [2.05, 4.69) is 36.7 Å². The molecule has 0 radical (unpaired) electrons. The lowest BCUT2D eigenvalue weighted by molar-refractivity contribution is -0.122. The molecule has 1 aromatic heterocycles. The summed E-state index contributed by atoms with van der Waals surface area (Å²) >= 11 is 0. The van der Waals surface area contributed by atoms with Gasteiger partial charge in [0.05, 0.1) is 0 Å². The summed E-state index contributed by atoms with van der Waals surface area (Å²) < 4.78 is 2.00. The third kappa shape index (κ3) is 4.88. The normalized spacial score (nSPS) is 17.5. The Morgan fingerprint density at radius 1 is 1.43 bits per heavy atom. The maximum absolute atomic E-state index is 11.9. The molecule has 1 amide bonds. The second kappa shape index (κ2) is 7.64. The van der Waals surface area contributed by atoms with Crippen molar-refractivity contribution in [3.63, 3.8) is 0 Å². The Morgan fingerprint density at radius 3 is 2.81 bits per heavy atom. The molecule has 2 unspecified atom stereocenters. The highest BCUT2D eigenvalue weighted by Gasteiger charge is 2.32. The number of carbonyl (C=O) groups excluding carboxylic acids is 1. The van der Waals surface area contributed by atoms with E-state index in [1.54, 1.807) is 0 Å². The Hall–Kier alpha value is -1.29. The molecule has 0 aliphatic heterocycles. The van der Waals surface area contributed by atoms with E-state index in [1.807, 2.05) is 17.7 Å². The molecule has 2 atom stereocenters. The number of nitrogens with zero attached hydrogens (tertiary/aromatic N) is 1. The van der Waals surface area contributed by atoms with Crippen LogP contribution in [0.3, 0.4) is 0 Å². The van der Waals surface area contributed by atoms with Gasteiger partial charge in [-0.15, -0.1) is 0 Å². The monoisotopic (exact) mass is 291 g/mol. The van der Waals surface area contributed by atoms with Crippen LogP contribution in [0.4, 0.5) is 0 Å². The summed E-state index contributed by atoms with van der Waals surface area (Å²) in [5.74, 6) is 0.873. The van der Waals surface area contributed by atoms with Crippen molar-refractivity contribution in [2.24, 2.45) is 5.92 Å². The van der Waals surface area contributed by atoms with Crippen molar-refractivity contribution in [3.8, 4) is 0 Å². The van der Waals surface area contributed by atoms with Crippen molar-refractivity contribution < 1.29 is 4.79 Å². The van der Waals surface area contributed by atoms with Crippen molar-refractivity contribution in [2.45, 2.75) is 65.1 Å². The minimum Gasteiger partial charge on any atom is -0.352 e. The summed E-state index contributed by atoms with van der Waals surface area (Å²) in [5.41, 5.74) is 1.32. The minimum atomic E-state index is 0.0935. The molecule has 4 nitrogen and oxygen atoms in total. The molecular weight excluding hydrogens is 262 g/mol. The third-order valence-electron chi connectivity index (χ3n) is 4.19. The van der Waals surface area contributed by atoms with Gasteiger partial charge >= 0.3 is 0 Å². The molecule has 118 valence electrons. The summed E-state index contributed by atoms with van der Waals surface area (Å²) in [4.78, 5) is 11.9. The molecule has 0 spiro atoms. The van der Waals surface area contributed by atoms with Gasteiger partial charge in [-0.2, -0.15) is 0 Å². The van der Waals surface area contributed by atoms with Gasteiger partial charge in [0, 0.05) is 24.5 Å². The number of hydrogen-bond donors (Lipinski definition) is 2. The molecule has 1 heterocycles. The lowest BCUT2D eigenvalue weighted by atomic mass is 10.1. The van der Waals surface area contributed by atoms with E-state index in [9.17, 15) is 4.79 Å². The number of aromatic nitrogens is 1. The van der Waals surface area contributed by atoms with Crippen molar-refractivity contribution in [1.82, 2.24) is 15.2 Å². The average molecular weight is 291 g/mol. The number of nitrogens with one attached hydrogen (secondary N) is 2. The van der Waals surface area contributed by atoms with Crippen molar-refractivity contribution >= 4 is 5.91 Å². The van der Waals surface area contributed by atoms with Gasteiger partial charge in [-0.05, 0) is 56.7 Å². The lowest BCUT2D eigenvalue weighted by Crippen LogP contribution is -2.34. The van der Waals surface area contributed by atoms with Gasteiger partial charge in [0.15, 0.2) is 0 Å². The van der Waals surface area contributed by atoms with E-state index in [-0.39, 0.29) is 11.9 Å². The van der Waals surface area contributed by atoms with Crippen LogP contribution in [0.25, 0.3) is 0 Å². The van der Waals surface area contributed by atoms with Gasteiger partial charge < -0.3 is 15.2 Å². The summed E-state index contributed by atoms with van der Waals surface area (Å²) in [6.07, 6.45) is 8.91. The first-order valence-electron chi connectivity index (χ1n) is 8.32. The predicted octanol–water partition coefficient (Wildman–Crippen LogP) is 2.85. The maximum Gasteiger partial charge on any atom is 0.240 e. The Kier molecular flexibility index (Phi) is 5.85. The van der Waals surface area contributed by atoms with E-state index >= 15 is 0 Å². The Morgan fingerprint density at radius 2 is 2.19 bits per heavy atom. The SMILES string of the molecule is CCCNC(c1ccn(CC(=O)NC(C)CC)c1)C1CC1. The fraction of sp³-hybridized carbons (Fsp3) is 0.706. The molecule has 1 aliphatic carbocycles. The maximum atomic E-state index is 11.9. The van der Waals surface area contributed by atoms with Gasteiger partial charge in [0.1, 0.15) is 6.54 Å². The first kappa shape index (κ1) is 16.1. The highest BCUT2D eigenvalue weighted by atomic mass is 16.2. The quantitative estimate of drug-likeness (QED) is 0.735. The minimum absolute atomic E-state index is 0.0935. The zero-order chi connectivity index (χ0) is 15.2. The zero-order valence-electron chi connectivity index (χ0n) is 13.6. The summed E-state index contributed by atoms with van der Waals surface area (Å²) in [7, 11) is 0. The molecule has 1 fully saturated rings. The fourth-order valence-electron chi connectivity index (χ4n) is 2.62. The van der Waals surface area contributed by atoms with Crippen molar-refractivity contribution in [2.75, 3.05) is 6.54 Å². The van der Waals surface area contributed by atoms with Gasteiger partial charge in [-0.1, -0.05) is 13.8 Å². The van der Waals surface area contributed by atoms with Crippen LogP contribution in [0.2, 0.25) is 0 Å². The zero-order valence-corrected chi connectivity index (χ0v) is 13.6. The van der Waals surface area contributed by atoms with Crippen molar-refractivity contribution in [3.05, 3.63) is 24.0 Å². The van der Waals surface area contributed by atoms with E-state index in [4.69, 9.17) is 0 Å². The van der Waals surface area contributed by atoms with Crippen LogP contribution in [0, 0.1) is 5.92 Å². The molecule has 2 N–H and O–H groups in total. The molecule has 1 aliphatic rings. The van der Waals surface area contributed by atoms with Gasteiger partial charge in [0.25, 0.3) is 0 Å². The van der Waals surface area contributed by atoms with Crippen LogP contribution in [-0.4, -0.2) is 23.1 Å². The van der Waals surface area contributed by atoms with Crippen molar-refractivity contribution in [1.29, 1.82) is 0 Å². The first-order valence-corrected chi connectivity index (χ1v) is 8.32. The first-order chi connectivity index (χ1) is 10.1. The van der Waals surface area contributed by atoms with Gasteiger partial charge in [0.2, 0.25) is 5.91 Å². The second-order valence-electron chi connectivity index (χ2n) is 6.26. The Balaban J connectivity index is 1.91. The van der Waals surface area contributed by atoms with E-state index in [1.165, 1.54) is 18.4 Å². The highest BCUT2D eigenvalue weighted by molar-refractivity contribution is 5.76. The number of hydrogen-bond acceptors (Lipinski definition) is 2. The molecule has 4 heteroatoms. The second-order valence-corrected chi connectivity index (χ2v) is 6.26. The van der Waals surface area contributed by atoms with E-state index < -0.39 is 0 Å². The van der Waals surface area contributed by atoms with Gasteiger partial charge in [-0.3, -0.25) is 4.79 Å². The number of carbonyl (C=O) groups is 1. The topological polar surface area (TPSA) is 46.1 Å². The van der Waals surface area contributed by atoms with Crippen LogP contribution in [0.5, 0.6) is 0 Å². The lowest BCUT2D eigenvalue weighted by Gasteiger charge is -2.16. The third-order valence-corrected chi connectivity index (χ3v) is 4.19. The summed E-state index contributed by atoms with van der Waals surface area (Å²) in [6, 6.07) is 2.86. The molecule has 1 saturated carbocycles. The molecule has 0 saturated heterocycles. The van der Waals surface area contributed by atoms with Crippen LogP contribution >= 0.6 is 0 Å². The smallest absolute Gasteiger partial charge is 0.240 e. The fourth-order valence-corrected chi connectivity index (χ4v) is 2.62. The largest absolute Gasteiger partial charge is 0.352 e. The Labute approximate surface area is 128 Å². The average Bonchev–Trinajstić information content (AvgIpc) is 3.19. The van der Waals surface area contributed by atoms with Crippen LogP contribution in [0.1, 0.15) is 58.1 Å². The summed E-state index contributed by atoms with van der Waals surface area (Å²) in [5, 5.41) is 6.65. The molecule has 0 bridgehead atoms. The van der Waals surface area contributed by atoms with Gasteiger partial charge in [-0.25, -0.2) is 0 Å². The highest BCUT2D eigenvalue weighted by Crippen LogP contribution is 2.41. The number of amides is 1.